The summed E-state index contributed by atoms with van der Waals surface area (Å²) in [6, 6.07) is 14.5. The molecule has 33 heavy (non-hydrogen) atoms. The Hall–Kier alpha value is -3.41. The largest absolute Gasteiger partial charge is 0.490 e. The molecule has 170 valence electrons. The van der Waals surface area contributed by atoms with Crippen LogP contribution in [0.2, 0.25) is 5.02 Å². The van der Waals surface area contributed by atoms with Crippen molar-refractivity contribution < 1.29 is 14.3 Å². The number of carbonyl (C=O) groups excluding carboxylic acids is 1. The van der Waals surface area contributed by atoms with Crippen LogP contribution in [0, 0.1) is 18.3 Å². The first-order chi connectivity index (χ1) is 15.9. The van der Waals surface area contributed by atoms with Crippen molar-refractivity contribution >= 4 is 40.1 Å². The van der Waals surface area contributed by atoms with Gasteiger partial charge < -0.3 is 9.47 Å². The third-order valence-electron chi connectivity index (χ3n) is 4.46. The Balaban J connectivity index is 1.52. The highest BCUT2D eigenvalue weighted by Crippen LogP contribution is 2.23. The van der Waals surface area contributed by atoms with Crippen molar-refractivity contribution in [3.05, 3.63) is 69.2 Å². The van der Waals surface area contributed by atoms with E-state index < -0.39 is 5.91 Å². The molecule has 0 aliphatic rings. The number of benzene rings is 2. The lowest BCUT2D eigenvalue weighted by Crippen LogP contribution is -2.13. The van der Waals surface area contributed by atoms with Crippen LogP contribution in [0.3, 0.4) is 0 Å². The molecule has 3 rings (SSSR count). The van der Waals surface area contributed by atoms with Gasteiger partial charge in [0.25, 0.3) is 5.91 Å². The number of carbonyl (C=O) groups is 1. The number of aromatic nitrogens is 2. The Morgan fingerprint density at radius 3 is 2.42 bits per heavy atom. The highest BCUT2D eigenvalue weighted by molar-refractivity contribution is 7.15. The zero-order valence-electron chi connectivity index (χ0n) is 18.5. The molecule has 1 N–H and O–H groups in total. The van der Waals surface area contributed by atoms with E-state index in [0.29, 0.717) is 34.7 Å². The van der Waals surface area contributed by atoms with Crippen LogP contribution in [0.4, 0.5) is 5.13 Å². The van der Waals surface area contributed by atoms with Gasteiger partial charge in [0.1, 0.15) is 41.4 Å². The first kappa shape index (κ1) is 24.2. The second-order valence-electron chi connectivity index (χ2n) is 7.40. The molecular formula is C24H23ClN4O3S. The third kappa shape index (κ3) is 7.04. The van der Waals surface area contributed by atoms with Crippen LogP contribution in [0.5, 0.6) is 11.5 Å². The van der Waals surface area contributed by atoms with E-state index in [1.54, 1.807) is 30.3 Å². The second kappa shape index (κ2) is 11.5. The zero-order chi connectivity index (χ0) is 23.8. The first-order valence-corrected chi connectivity index (χ1v) is 11.4. The second-order valence-corrected chi connectivity index (χ2v) is 8.82. The van der Waals surface area contributed by atoms with Crippen LogP contribution in [0.25, 0.3) is 6.08 Å². The fourth-order valence-electron chi connectivity index (χ4n) is 2.68. The molecule has 1 aromatic heterocycles. The van der Waals surface area contributed by atoms with Crippen molar-refractivity contribution in [3.63, 3.8) is 0 Å². The number of hydrogen-bond acceptors (Lipinski definition) is 7. The van der Waals surface area contributed by atoms with Crippen molar-refractivity contribution in [2.75, 3.05) is 18.5 Å². The van der Waals surface area contributed by atoms with Gasteiger partial charge in [0.05, 0.1) is 0 Å². The van der Waals surface area contributed by atoms with Gasteiger partial charge in [-0.1, -0.05) is 48.9 Å². The van der Waals surface area contributed by atoms with E-state index in [1.807, 2.05) is 39.0 Å². The fourth-order valence-corrected chi connectivity index (χ4v) is 3.54. The minimum Gasteiger partial charge on any atom is -0.490 e. The van der Waals surface area contributed by atoms with Gasteiger partial charge in [0.15, 0.2) is 0 Å². The molecule has 0 unspecified atom stereocenters. The van der Waals surface area contributed by atoms with Gasteiger partial charge in [0, 0.05) is 10.9 Å². The molecule has 9 heteroatoms. The first-order valence-electron chi connectivity index (χ1n) is 10.2. The van der Waals surface area contributed by atoms with Gasteiger partial charge in [-0.25, -0.2) is 0 Å². The van der Waals surface area contributed by atoms with Gasteiger partial charge >= 0.3 is 0 Å². The van der Waals surface area contributed by atoms with Crippen molar-refractivity contribution in [3.8, 4) is 17.6 Å². The van der Waals surface area contributed by atoms with Crippen LogP contribution in [0.15, 0.2) is 48.0 Å². The van der Waals surface area contributed by atoms with Gasteiger partial charge in [-0.05, 0) is 54.5 Å². The summed E-state index contributed by atoms with van der Waals surface area (Å²) in [6.45, 7) is 6.65. The number of nitriles is 1. The quantitative estimate of drug-likeness (QED) is 0.241. The number of nitrogens with zero attached hydrogens (tertiary/aromatic N) is 3. The van der Waals surface area contributed by atoms with E-state index >= 15 is 0 Å². The molecule has 0 bridgehead atoms. The van der Waals surface area contributed by atoms with Gasteiger partial charge in [-0.3, -0.25) is 10.1 Å². The average molecular weight is 483 g/mol. The van der Waals surface area contributed by atoms with Crippen molar-refractivity contribution in [2.45, 2.75) is 26.7 Å². The molecule has 0 atom stereocenters. The fraction of sp³-hybridized carbons (Fsp3) is 0.250. The molecule has 0 aliphatic carbocycles. The van der Waals surface area contributed by atoms with E-state index in [2.05, 4.69) is 15.5 Å². The molecule has 0 saturated carbocycles. The SMILES string of the molecule is Cc1cc(OCCOc2ccc(/C=C(/C#N)C(=O)Nc3nnc(C(C)C)s3)cc2)ccc1Cl. The van der Waals surface area contributed by atoms with E-state index in [1.165, 1.54) is 17.4 Å². The summed E-state index contributed by atoms with van der Waals surface area (Å²) >= 11 is 7.30. The Bertz CT molecular complexity index is 1180. The summed E-state index contributed by atoms with van der Waals surface area (Å²) in [6.07, 6.45) is 1.51. The number of nitrogens with one attached hydrogen (secondary N) is 1. The summed E-state index contributed by atoms with van der Waals surface area (Å²) in [4.78, 5) is 12.4. The van der Waals surface area contributed by atoms with Crippen LogP contribution in [-0.4, -0.2) is 29.3 Å². The standard InChI is InChI=1S/C24H23ClN4O3S/c1-15(2)23-28-29-24(33-23)27-22(30)18(14-26)13-17-4-6-19(7-5-17)31-10-11-32-20-8-9-21(25)16(3)12-20/h4-9,12-13,15H,10-11H2,1-3H3,(H,27,29,30)/b18-13-. The smallest absolute Gasteiger partial charge is 0.268 e. The Labute approximate surface area is 201 Å². The zero-order valence-corrected chi connectivity index (χ0v) is 20.0. The van der Waals surface area contributed by atoms with Crippen molar-refractivity contribution in [1.29, 1.82) is 5.26 Å². The topological polar surface area (TPSA) is 97.1 Å². The van der Waals surface area contributed by atoms with Crippen LogP contribution in [0.1, 0.15) is 35.9 Å². The predicted molar refractivity (Wildman–Crippen MR) is 130 cm³/mol. The number of aryl methyl sites for hydroxylation is 1. The highest BCUT2D eigenvalue weighted by Gasteiger charge is 2.14. The number of hydrogen-bond donors (Lipinski definition) is 1. The summed E-state index contributed by atoms with van der Waals surface area (Å²) in [5.74, 6) is 1.07. The molecule has 7 nitrogen and oxygen atoms in total. The highest BCUT2D eigenvalue weighted by atomic mass is 35.5. The number of rotatable bonds is 9. The summed E-state index contributed by atoms with van der Waals surface area (Å²) in [5, 5.41) is 21.9. The van der Waals surface area contributed by atoms with Crippen LogP contribution >= 0.6 is 22.9 Å². The van der Waals surface area contributed by atoms with E-state index in [4.69, 9.17) is 21.1 Å². The third-order valence-corrected chi connectivity index (χ3v) is 6.02. The van der Waals surface area contributed by atoms with E-state index in [9.17, 15) is 10.1 Å². The maximum absolute atomic E-state index is 12.4. The molecule has 0 radical (unpaired) electrons. The predicted octanol–water partition coefficient (Wildman–Crippen LogP) is 5.63. The molecule has 0 saturated heterocycles. The van der Waals surface area contributed by atoms with Gasteiger partial charge in [0.2, 0.25) is 5.13 Å². The lowest BCUT2D eigenvalue weighted by atomic mass is 10.1. The molecule has 3 aromatic rings. The maximum atomic E-state index is 12.4. The van der Waals surface area contributed by atoms with Crippen molar-refractivity contribution in [1.82, 2.24) is 10.2 Å². The molecule has 0 spiro atoms. The summed E-state index contributed by atoms with van der Waals surface area (Å²) in [7, 11) is 0. The van der Waals surface area contributed by atoms with Crippen LogP contribution < -0.4 is 14.8 Å². The lowest BCUT2D eigenvalue weighted by molar-refractivity contribution is -0.112. The Kier molecular flexibility index (Phi) is 8.41. The Morgan fingerprint density at radius 2 is 1.82 bits per heavy atom. The molecule has 1 heterocycles. The molecule has 0 aliphatic heterocycles. The minimum atomic E-state index is -0.529. The van der Waals surface area contributed by atoms with Gasteiger partial charge in [-0.2, -0.15) is 5.26 Å². The van der Waals surface area contributed by atoms with Crippen molar-refractivity contribution in [2.24, 2.45) is 0 Å². The summed E-state index contributed by atoms with van der Waals surface area (Å²) < 4.78 is 11.3. The number of amides is 1. The lowest BCUT2D eigenvalue weighted by Gasteiger charge is -2.09. The maximum Gasteiger partial charge on any atom is 0.268 e. The van der Waals surface area contributed by atoms with E-state index in [-0.39, 0.29) is 11.5 Å². The normalized spacial score (nSPS) is 11.2. The van der Waals surface area contributed by atoms with E-state index in [0.717, 1.165) is 16.3 Å². The average Bonchev–Trinajstić information content (AvgIpc) is 3.27. The van der Waals surface area contributed by atoms with Crippen LogP contribution in [-0.2, 0) is 4.79 Å². The monoisotopic (exact) mass is 482 g/mol. The molecule has 0 fully saturated rings. The molecular weight excluding hydrogens is 460 g/mol. The molecule has 2 aromatic carbocycles. The minimum absolute atomic E-state index is 0.0309. The number of halogens is 1. The van der Waals surface area contributed by atoms with Gasteiger partial charge in [-0.15, -0.1) is 10.2 Å². The number of anilines is 1. The number of ether oxygens (including phenoxy) is 2. The molecule has 1 amide bonds. The Morgan fingerprint density at radius 1 is 1.15 bits per heavy atom. The summed E-state index contributed by atoms with van der Waals surface area (Å²) in [5.41, 5.74) is 1.62.